The molecule has 0 spiro atoms. The summed E-state index contributed by atoms with van der Waals surface area (Å²) < 4.78 is 0. The molecule has 1 aromatic rings. The van der Waals surface area contributed by atoms with Crippen molar-refractivity contribution in [3.8, 4) is 0 Å². The molecule has 0 aliphatic carbocycles. The van der Waals surface area contributed by atoms with Crippen LogP contribution < -0.4 is 21.7 Å². The van der Waals surface area contributed by atoms with E-state index in [1.165, 1.54) is 12.5 Å². The molecule has 0 saturated carbocycles. The summed E-state index contributed by atoms with van der Waals surface area (Å²) in [7, 11) is 0. The maximum Gasteiger partial charge on any atom is 0.326 e. The van der Waals surface area contributed by atoms with Gasteiger partial charge in [-0.2, -0.15) is 0 Å². The fourth-order valence-electron chi connectivity index (χ4n) is 3.27. The lowest BCUT2D eigenvalue weighted by Crippen LogP contribution is -2.59. The quantitative estimate of drug-likeness (QED) is 0.164. The minimum atomic E-state index is -1.36. The van der Waals surface area contributed by atoms with E-state index >= 15 is 0 Å². The second-order valence-electron chi connectivity index (χ2n) is 8.63. The van der Waals surface area contributed by atoms with Crippen LogP contribution in [-0.2, 0) is 30.4 Å². The fraction of sp³-hybridized carbons (Fsp3) is 0.636. The van der Waals surface area contributed by atoms with Gasteiger partial charge in [-0.05, 0) is 11.8 Å². The van der Waals surface area contributed by atoms with Crippen molar-refractivity contribution in [2.24, 2.45) is 17.6 Å². The third-order valence-corrected chi connectivity index (χ3v) is 5.91. The van der Waals surface area contributed by atoms with Crippen LogP contribution in [0.5, 0.6) is 0 Å². The minimum absolute atomic E-state index is 0.00980. The highest BCUT2D eigenvalue weighted by atomic mass is 16.4. The van der Waals surface area contributed by atoms with Gasteiger partial charge in [0.05, 0.1) is 18.8 Å². The zero-order chi connectivity index (χ0) is 26.7. The zero-order valence-corrected chi connectivity index (χ0v) is 20.4. The van der Waals surface area contributed by atoms with Crippen molar-refractivity contribution in [2.45, 2.75) is 77.5 Å². The number of H-pyrrole nitrogens is 1. The van der Waals surface area contributed by atoms with Crippen molar-refractivity contribution in [2.75, 3.05) is 0 Å². The molecule has 13 nitrogen and oxygen atoms in total. The molecule has 35 heavy (non-hydrogen) atoms. The van der Waals surface area contributed by atoms with Crippen molar-refractivity contribution < 1.29 is 34.2 Å². The SMILES string of the molecule is CCC(C)C(NC(=O)C(Cc1cnc[nH]1)NC(=O)C(NC(=O)C(N)CC(=O)O)C(C)CC)C(=O)O. The zero-order valence-electron chi connectivity index (χ0n) is 20.4. The van der Waals surface area contributed by atoms with E-state index < -0.39 is 60.2 Å². The summed E-state index contributed by atoms with van der Waals surface area (Å²) in [4.78, 5) is 67.9. The van der Waals surface area contributed by atoms with E-state index in [2.05, 4.69) is 25.9 Å². The molecule has 0 radical (unpaired) electrons. The summed E-state index contributed by atoms with van der Waals surface area (Å²) in [6.07, 6.45) is 3.24. The average Bonchev–Trinajstić information content (AvgIpc) is 3.31. The third kappa shape index (κ3) is 9.35. The van der Waals surface area contributed by atoms with Gasteiger partial charge in [0.1, 0.15) is 18.1 Å². The highest BCUT2D eigenvalue weighted by molar-refractivity contribution is 5.95. The van der Waals surface area contributed by atoms with E-state index in [1.54, 1.807) is 27.7 Å². The van der Waals surface area contributed by atoms with Crippen LogP contribution in [0.25, 0.3) is 0 Å². The first-order valence-corrected chi connectivity index (χ1v) is 11.5. The number of hydrogen-bond acceptors (Lipinski definition) is 7. The van der Waals surface area contributed by atoms with Gasteiger partial charge in [0.15, 0.2) is 0 Å². The number of carboxylic acids is 2. The fourth-order valence-corrected chi connectivity index (χ4v) is 3.27. The van der Waals surface area contributed by atoms with Crippen molar-refractivity contribution in [1.29, 1.82) is 0 Å². The van der Waals surface area contributed by atoms with Crippen LogP contribution in [0.2, 0.25) is 0 Å². The van der Waals surface area contributed by atoms with E-state index in [4.69, 9.17) is 10.8 Å². The number of rotatable bonds is 15. The first kappa shape index (κ1) is 29.6. The van der Waals surface area contributed by atoms with Crippen molar-refractivity contribution in [3.63, 3.8) is 0 Å². The van der Waals surface area contributed by atoms with Gasteiger partial charge in [-0.15, -0.1) is 0 Å². The van der Waals surface area contributed by atoms with Gasteiger partial charge in [-0.1, -0.05) is 40.5 Å². The Balaban J connectivity index is 3.12. The molecule has 0 aliphatic heterocycles. The average molecular weight is 497 g/mol. The molecule has 13 heteroatoms. The molecule has 0 bridgehead atoms. The normalized spacial score (nSPS) is 16.1. The van der Waals surface area contributed by atoms with Crippen LogP contribution in [0, 0.1) is 11.8 Å². The Morgan fingerprint density at radius 2 is 1.51 bits per heavy atom. The summed E-state index contributed by atoms with van der Waals surface area (Å²) in [5, 5.41) is 26.0. The molecule has 8 N–H and O–H groups in total. The van der Waals surface area contributed by atoms with E-state index in [0.29, 0.717) is 18.5 Å². The van der Waals surface area contributed by atoms with E-state index in [0.717, 1.165) is 0 Å². The molecule has 0 fully saturated rings. The van der Waals surface area contributed by atoms with Crippen LogP contribution in [0.15, 0.2) is 12.5 Å². The van der Waals surface area contributed by atoms with E-state index in [1.807, 2.05) is 0 Å². The van der Waals surface area contributed by atoms with Gasteiger partial charge >= 0.3 is 11.9 Å². The Hall–Kier alpha value is -3.48. The summed E-state index contributed by atoms with van der Waals surface area (Å²) >= 11 is 0. The van der Waals surface area contributed by atoms with Gasteiger partial charge in [-0.3, -0.25) is 19.2 Å². The van der Waals surface area contributed by atoms with Crippen LogP contribution in [0.3, 0.4) is 0 Å². The smallest absolute Gasteiger partial charge is 0.326 e. The Bertz CT molecular complexity index is 876. The standard InChI is InChI=1S/C22H36N6O7/c1-5-11(3)17(27-19(31)14(23)8-16(29)30)21(33)26-15(7-13-9-24-10-25-13)20(32)28-18(22(34)35)12(4)6-2/h9-12,14-15,17-18H,5-8,23H2,1-4H3,(H,24,25)(H,26,33)(H,27,31)(H,28,32)(H,29,30)(H,34,35). The molecule has 1 aromatic heterocycles. The monoisotopic (exact) mass is 496 g/mol. The largest absolute Gasteiger partial charge is 0.481 e. The first-order valence-electron chi connectivity index (χ1n) is 11.5. The van der Waals surface area contributed by atoms with E-state index in [9.17, 15) is 29.1 Å². The van der Waals surface area contributed by atoms with Crippen molar-refractivity contribution >= 4 is 29.7 Å². The highest BCUT2D eigenvalue weighted by Gasteiger charge is 2.34. The van der Waals surface area contributed by atoms with Crippen molar-refractivity contribution in [1.82, 2.24) is 25.9 Å². The molecular formula is C22H36N6O7. The van der Waals surface area contributed by atoms with Crippen LogP contribution >= 0.6 is 0 Å². The molecule has 0 saturated heterocycles. The molecule has 0 aromatic carbocycles. The van der Waals surface area contributed by atoms with Gasteiger partial charge < -0.3 is 36.9 Å². The van der Waals surface area contributed by atoms with Crippen LogP contribution in [0.1, 0.15) is 52.7 Å². The second-order valence-corrected chi connectivity index (χ2v) is 8.63. The maximum absolute atomic E-state index is 13.2. The molecule has 196 valence electrons. The number of carbonyl (C=O) groups excluding carboxylic acids is 3. The number of aromatic amines is 1. The predicted molar refractivity (Wildman–Crippen MR) is 125 cm³/mol. The highest BCUT2D eigenvalue weighted by Crippen LogP contribution is 2.12. The number of imidazole rings is 1. The number of carboxylic acid groups (broad SMARTS) is 2. The Morgan fingerprint density at radius 3 is 2.00 bits per heavy atom. The number of aliphatic carboxylic acids is 2. The molecule has 1 heterocycles. The van der Waals surface area contributed by atoms with Gasteiger partial charge in [0.2, 0.25) is 17.7 Å². The maximum atomic E-state index is 13.2. The molecule has 3 amide bonds. The van der Waals surface area contributed by atoms with Gasteiger partial charge in [0, 0.05) is 18.3 Å². The summed E-state index contributed by atoms with van der Waals surface area (Å²) in [5.74, 6) is -5.41. The Morgan fingerprint density at radius 1 is 0.943 bits per heavy atom. The lowest BCUT2D eigenvalue weighted by Gasteiger charge is -2.28. The number of hydrogen-bond donors (Lipinski definition) is 7. The number of aromatic nitrogens is 2. The molecular weight excluding hydrogens is 460 g/mol. The van der Waals surface area contributed by atoms with Gasteiger partial charge in [-0.25, -0.2) is 9.78 Å². The van der Waals surface area contributed by atoms with Crippen molar-refractivity contribution in [3.05, 3.63) is 18.2 Å². The number of nitrogens with two attached hydrogens (primary N) is 1. The molecule has 6 unspecified atom stereocenters. The number of nitrogens with zero attached hydrogens (tertiary/aromatic N) is 1. The van der Waals surface area contributed by atoms with Crippen LogP contribution in [-0.4, -0.2) is 74.0 Å². The van der Waals surface area contributed by atoms with Crippen LogP contribution in [0.4, 0.5) is 0 Å². The molecule has 1 rings (SSSR count). The third-order valence-electron chi connectivity index (χ3n) is 5.91. The molecule has 6 atom stereocenters. The van der Waals surface area contributed by atoms with E-state index in [-0.39, 0.29) is 18.3 Å². The first-order chi connectivity index (χ1) is 16.4. The Kier molecular flexibility index (Phi) is 11.9. The Labute approximate surface area is 203 Å². The second kappa shape index (κ2) is 14.0. The number of nitrogens with one attached hydrogen (secondary N) is 4. The number of carbonyl (C=O) groups is 5. The minimum Gasteiger partial charge on any atom is -0.481 e. The predicted octanol–water partition coefficient (Wildman–Crippen LogP) is -0.615. The lowest BCUT2D eigenvalue weighted by atomic mass is 9.96. The summed E-state index contributed by atoms with van der Waals surface area (Å²) in [6.45, 7) is 6.99. The topological polar surface area (TPSA) is 217 Å². The summed E-state index contributed by atoms with van der Waals surface area (Å²) in [6, 6.07) is -4.80. The number of amides is 3. The van der Waals surface area contributed by atoms with Gasteiger partial charge in [0.25, 0.3) is 0 Å². The molecule has 0 aliphatic rings. The lowest BCUT2D eigenvalue weighted by molar-refractivity contribution is -0.143. The summed E-state index contributed by atoms with van der Waals surface area (Å²) in [5.41, 5.74) is 6.14.